The van der Waals surface area contributed by atoms with Gasteiger partial charge in [-0.25, -0.2) is 0 Å². The van der Waals surface area contributed by atoms with Gasteiger partial charge in [0.25, 0.3) is 0 Å². The molecular weight excluding hydrogens is 266 g/mol. The quantitative estimate of drug-likeness (QED) is 0.755. The van der Waals surface area contributed by atoms with Crippen molar-refractivity contribution in [3.05, 3.63) is 23.8 Å². The molecule has 0 bridgehead atoms. The number of para-hydroxylation sites is 1. The minimum Gasteiger partial charge on any atom is -0.493 e. The van der Waals surface area contributed by atoms with E-state index >= 15 is 0 Å². The van der Waals surface area contributed by atoms with E-state index in [-0.39, 0.29) is 11.7 Å². The second-order valence-electron chi connectivity index (χ2n) is 5.67. The number of Topliss-reactive ketones (excluding diaryl/α,β-unsaturated/α-hetero) is 1. The van der Waals surface area contributed by atoms with Gasteiger partial charge in [-0.3, -0.25) is 4.79 Å². The van der Waals surface area contributed by atoms with Crippen LogP contribution in [-0.2, 0) is 0 Å². The molecule has 0 N–H and O–H groups in total. The van der Waals surface area contributed by atoms with Crippen molar-refractivity contribution >= 4 is 5.78 Å². The number of hydrogen-bond donors (Lipinski definition) is 0. The lowest BCUT2D eigenvalue weighted by Crippen LogP contribution is -2.35. The van der Waals surface area contributed by atoms with Gasteiger partial charge >= 0.3 is 0 Å². The first-order valence-corrected chi connectivity index (χ1v) is 7.65. The summed E-state index contributed by atoms with van der Waals surface area (Å²) in [6, 6.07) is 5.46. The maximum Gasteiger partial charge on any atom is 0.171 e. The van der Waals surface area contributed by atoms with Crippen molar-refractivity contribution in [1.29, 1.82) is 0 Å². The van der Waals surface area contributed by atoms with Crippen LogP contribution >= 0.6 is 0 Å². The van der Waals surface area contributed by atoms with Crippen LogP contribution in [-0.4, -0.2) is 44.5 Å². The highest BCUT2D eigenvalue weighted by atomic mass is 16.5. The highest BCUT2D eigenvalue weighted by molar-refractivity contribution is 6.01. The lowest BCUT2D eigenvalue weighted by Gasteiger charge is -2.28. The zero-order valence-electron chi connectivity index (χ0n) is 13.2. The van der Waals surface area contributed by atoms with E-state index in [1.165, 1.54) is 19.3 Å². The Morgan fingerprint density at radius 2 is 1.90 bits per heavy atom. The fourth-order valence-electron chi connectivity index (χ4n) is 2.96. The first-order chi connectivity index (χ1) is 10.2. The van der Waals surface area contributed by atoms with Gasteiger partial charge in [0.1, 0.15) is 0 Å². The SMILES string of the molecule is COc1cccc(C(=O)C(C)CN2CCCCC2)c1OC. The van der Waals surface area contributed by atoms with Crippen molar-refractivity contribution in [1.82, 2.24) is 4.90 Å². The number of nitrogens with zero attached hydrogens (tertiary/aromatic N) is 1. The molecule has 1 aliphatic heterocycles. The van der Waals surface area contributed by atoms with E-state index in [1.54, 1.807) is 14.2 Å². The molecule has 1 saturated heterocycles. The molecule has 0 amide bonds. The van der Waals surface area contributed by atoms with Crippen molar-refractivity contribution in [3.8, 4) is 11.5 Å². The molecule has 116 valence electrons. The van der Waals surface area contributed by atoms with E-state index < -0.39 is 0 Å². The maximum absolute atomic E-state index is 12.7. The summed E-state index contributed by atoms with van der Waals surface area (Å²) in [6.45, 7) is 5.02. The molecule has 0 aliphatic carbocycles. The highest BCUT2D eigenvalue weighted by Gasteiger charge is 2.23. The molecular formula is C17H25NO3. The number of carbonyl (C=O) groups is 1. The fraction of sp³-hybridized carbons (Fsp3) is 0.588. The lowest BCUT2D eigenvalue weighted by atomic mass is 9.97. The van der Waals surface area contributed by atoms with E-state index in [0.717, 1.165) is 19.6 Å². The van der Waals surface area contributed by atoms with Crippen LogP contribution in [0.5, 0.6) is 11.5 Å². The van der Waals surface area contributed by atoms with Crippen LogP contribution < -0.4 is 9.47 Å². The Morgan fingerprint density at radius 3 is 2.52 bits per heavy atom. The van der Waals surface area contributed by atoms with Crippen molar-refractivity contribution < 1.29 is 14.3 Å². The first kappa shape index (κ1) is 15.8. The summed E-state index contributed by atoms with van der Waals surface area (Å²) < 4.78 is 10.6. The molecule has 0 aromatic heterocycles. The third-order valence-electron chi connectivity index (χ3n) is 4.10. The molecule has 1 unspecified atom stereocenters. The number of carbonyl (C=O) groups excluding carboxylic acids is 1. The van der Waals surface area contributed by atoms with E-state index in [0.29, 0.717) is 17.1 Å². The van der Waals surface area contributed by atoms with Crippen LogP contribution in [0.25, 0.3) is 0 Å². The summed E-state index contributed by atoms with van der Waals surface area (Å²) in [5.74, 6) is 1.23. The van der Waals surface area contributed by atoms with Gasteiger partial charge < -0.3 is 14.4 Å². The normalized spacial score (nSPS) is 17.3. The minimum atomic E-state index is -0.0379. The molecule has 1 aliphatic rings. The first-order valence-electron chi connectivity index (χ1n) is 7.65. The Labute approximate surface area is 127 Å². The molecule has 1 atom stereocenters. The van der Waals surface area contributed by atoms with Crippen LogP contribution in [0, 0.1) is 5.92 Å². The van der Waals surface area contributed by atoms with Crippen LogP contribution in [0.2, 0.25) is 0 Å². The average molecular weight is 291 g/mol. The van der Waals surface area contributed by atoms with Crippen LogP contribution in [0.3, 0.4) is 0 Å². The van der Waals surface area contributed by atoms with E-state index in [1.807, 2.05) is 25.1 Å². The molecule has 21 heavy (non-hydrogen) atoms. The Kier molecular flexibility index (Phi) is 5.62. The topological polar surface area (TPSA) is 38.8 Å². The van der Waals surface area contributed by atoms with Crippen LogP contribution in [0.15, 0.2) is 18.2 Å². The van der Waals surface area contributed by atoms with Crippen molar-refractivity contribution in [2.75, 3.05) is 33.9 Å². The zero-order chi connectivity index (χ0) is 15.2. The zero-order valence-corrected chi connectivity index (χ0v) is 13.2. The van der Waals surface area contributed by atoms with Crippen molar-refractivity contribution in [3.63, 3.8) is 0 Å². The average Bonchev–Trinajstić information content (AvgIpc) is 2.54. The summed E-state index contributed by atoms with van der Waals surface area (Å²) in [5.41, 5.74) is 0.612. The molecule has 0 radical (unpaired) electrons. The molecule has 1 fully saturated rings. The molecule has 0 spiro atoms. The van der Waals surface area contributed by atoms with E-state index in [2.05, 4.69) is 4.90 Å². The largest absolute Gasteiger partial charge is 0.493 e. The molecule has 2 rings (SSSR count). The Hall–Kier alpha value is -1.55. The predicted octanol–water partition coefficient (Wildman–Crippen LogP) is 3.01. The number of piperidine rings is 1. The smallest absolute Gasteiger partial charge is 0.171 e. The molecule has 0 saturated carbocycles. The Bertz CT molecular complexity index is 481. The summed E-state index contributed by atoms with van der Waals surface area (Å²) in [5, 5.41) is 0. The molecule has 1 heterocycles. The minimum absolute atomic E-state index is 0.0379. The van der Waals surface area contributed by atoms with Crippen molar-refractivity contribution in [2.24, 2.45) is 5.92 Å². The van der Waals surface area contributed by atoms with Gasteiger partial charge in [-0.05, 0) is 38.1 Å². The Balaban J connectivity index is 2.11. The van der Waals surface area contributed by atoms with E-state index in [9.17, 15) is 4.79 Å². The molecule has 1 aromatic carbocycles. The standard InChI is InChI=1S/C17H25NO3/c1-13(12-18-10-5-4-6-11-18)16(19)14-8-7-9-15(20-2)17(14)21-3/h7-9,13H,4-6,10-12H2,1-3H3. The van der Waals surface area contributed by atoms with Crippen LogP contribution in [0.4, 0.5) is 0 Å². The number of methoxy groups -OCH3 is 2. The lowest BCUT2D eigenvalue weighted by molar-refractivity contribution is 0.0880. The Morgan fingerprint density at radius 1 is 1.19 bits per heavy atom. The third-order valence-corrected chi connectivity index (χ3v) is 4.10. The molecule has 1 aromatic rings. The van der Waals surface area contributed by atoms with Crippen LogP contribution in [0.1, 0.15) is 36.5 Å². The van der Waals surface area contributed by atoms with Gasteiger partial charge in [-0.15, -0.1) is 0 Å². The van der Waals surface area contributed by atoms with E-state index in [4.69, 9.17) is 9.47 Å². The molecule has 4 heteroatoms. The monoisotopic (exact) mass is 291 g/mol. The predicted molar refractivity (Wildman–Crippen MR) is 83.3 cm³/mol. The van der Waals surface area contributed by atoms with Gasteiger partial charge in [-0.1, -0.05) is 19.4 Å². The third kappa shape index (κ3) is 3.76. The second-order valence-corrected chi connectivity index (χ2v) is 5.67. The summed E-state index contributed by atoms with van der Waals surface area (Å²) in [7, 11) is 3.16. The number of ketones is 1. The summed E-state index contributed by atoms with van der Waals surface area (Å²) in [4.78, 5) is 15.1. The van der Waals surface area contributed by atoms with Gasteiger partial charge in [-0.2, -0.15) is 0 Å². The summed E-state index contributed by atoms with van der Waals surface area (Å²) >= 11 is 0. The highest BCUT2D eigenvalue weighted by Crippen LogP contribution is 2.32. The number of benzene rings is 1. The molecule has 4 nitrogen and oxygen atoms in total. The van der Waals surface area contributed by atoms with Gasteiger partial charge in [0, 0.05) is 12.5 Å². The number of rotatable bonds is 6. The van der Waals surface area contributed by atoms with Gasteiger partial charge in [0.15, 0.2) is 17.3 Å². The number of likely N-dealkylation sites (tertiary alicyclic amines) is 1. The van der Waals surface area contributed by atoms with Gasteiger partial charge in [0.2, 0.25) is 0 Å². The number of hydrogen-bond acceptors (Lipinski definition) is 4. The van der Waals surface area contributed by atoms with Gasteiger partial charge in [0.05, 0.1) is 19.8 Å². The fourth-order valence-corrected chi connectivity index (χ4v) is 2.96. The summed E-state index contributed by atoms with van der Waals surface area (Å²) in [6.07, 6.45) is 3.79. The maximum atomic E-state index is 12.7. The second kappa shape index (κ2) is 7.46. The van der Waals surface area contributed by atoms with Crippen molar-refractivity contribution in [2.45, 2.75) is 26.2 Å². The number of ether oxygens (including phenoxy) is 2.